The predicted molar refractivity (Wildman–Crippen MR) is 95.2 cm³/mol. The smallest absolute Gasteiger partial charge is 0.342 e. The van der Waals surface area contributed by atoms with E-state index in [-0.39, 0.29) is 24.2 Å². The number of benzene rings is 2. The molecule has 1 fully saturated rings. The van der Waals surface area contributed by atoms with E-state index < -0.39 is 5.97 Å². The number of ether oxygens (including phenoxy) is 3. The molecule has 0 aromatic heterocycles. The SMILES string of the molecule is O=C(COC(=O)c1ccccc1Oc1ccccc1)NCC1CCCO1. The topological polar surface area (TPSA) is 73.9 Å². The number of carbonyl (C=O) groups excluding carboxylic acids is 2. The highest BCUT2D eigenvalue weighted by molar-refractivity contribution is 5.94. The maximum absolute atomic E-state index is 12.3. The van der Waals surface area contributed by atoms with Gasteiger partial charge in [0.15, 0.2) is 6.61 Å². The van der Waals surface area contributed by atoms with E-state index in [1.165, 1.54) is 0 Å². The van der Waals surface area contributed by atoms with Crippen LogP contribution in [0.4, 0.5) is 0 Å². The highest BCUT2D eigenvalue weighted by atomic mass is 16.5. The number of rotatable bonds is 7. The summed E-state index contributed by atoms with van der Waals surface area (Å²) < 4.78 is 16.3. The molecular formula is C20H21NO5. The minimum Gasteiger partial charge on any atom is -0.456 e. The molecule has 1 amide bonds. The summed E-state index contributed by atoms with van der Waals surface area (Å²) in [6.07, 6.45) is 1.99. The third kappa shape index (κ3) is 5.07. The summed E-state index contributed by atoms with van der Waals surface area (Å²) in [5.41, 5.74) is 0.267. The van der Waals surface area contributed by atoms with Crippen molar-refractivity contribution in [3.05, 3.63) is 60.2 Å². The molecule has 6 nitrogen and oxygen atoms in total. The molecule has 3 rings (SSSR count). The number of nitrogens with one attached hydrogen (secondary N) is 1. The third-order valence-corrected chi connectivity index (χ3v) is 3.96. The van der Waals surface area contributed by atoms with Crippen molar-refractivity contribution < 1.29 is 23.8 Å². The molecule has 0 saturated carbocycles. The summed E-state index contributed by atoms with van der Waals surface area (Å²) in [5.74, 6) is 0.0321. The molecule has 136 valence electrons. The minimum atomic E-state index is -0.608. The maximum Gasteiger partial charge on any atom is 0.342 e. The van der Waals surface area contributed by atoms with Crippen LogP contribution in [-0.4, -0.2) is 37.7 Å². The Morgan fingerprint density at radius 1 is 1.08 bits per heavy atom. The van der Waals surface area contributed by atoms with Crippen LogP contribution in [0.5, 0.6) is 11.5 Å². The quantitative estimate of drug-likeness (QED) is 0.773. The first-order chi connectivity index (χ1) is 12.7. The van der Waals surface area contributed by atoms with Crippen LogP contribution in [0.1, 0.15) is 23.2 Å². The highest BCUT2D eigenvalue weighted by Gasteiger charge is 2.18. The largest absolute Gasteiger partial charge is 0.456 e. The second-order valence-corrected chi connectivity index (χ2v) is 5.93. The fourth-order valence-electron chi connectivity index (χ4n) is 2.63. The number of amides is 1. The Labute approximate surface area is 152 Å². The van der Waals surface area contributed by atoms with Crippen molar-refractivity contribution in [2.24, 2.45) is 0 Å². The molecular weight excluding hydrogens is 334 g/mol. The van der Waals surface area contributed by atoms with Crippen molar-refractivity contribution in [2.75, 3.05) is 19.8 Å². The van der Waals surface area contributed by atoms with Crippen molar-refractivity contribution in [3.63, 3.8) is 0 Å². The Morgan fingerprint density at radius 3 is 2.62 bits per heavy atom. The van der Waals surface area contributed by atoms with Gasteiger partial charge >= 0.3 is 5.97 Å². The second kappa shape index (κ2) is 9.01. The van der Waals surface area contributed by atoms with Crippen LogP contribution in [0.15, 0.2) is 54.6 Å². The van der Waals surface area contributed by atoms with E-state index >= 15 is 0 Å². The number of hydrogen-bond donors (Lipinski definition) is 1. The summed E-state index contributed by atoms with van der Waals surface area (Å²) >= 11 is 0. The zero-order valence-corrected chi connectivity index (χ0v) is 14.4. The van der Waals surface area contributed by atoms with Crippen molar-refractivity contribution in [3.8, 4) is 11.5 Å². The van der Waals surface area contributed by atoms with Gasteiger partial charge in [0.2, 0.25) is 0 Å². The monoisotopic (exact) mass is 355 g/mol. The Kier molecular flexibility index (Phi) is 6.22. The first-order valence-corrected chi connectivity index (χ1v) is 8.60. The van der Waals surface area contributed by atoms with E-state index in [0.29, 0.717) is 18.0 Å². The van der Waals surface area contributed by atoms with E-state index in [2.05, 4.69) is 5.32 Å². The molecule has 1 heterocycles. The Morgan fingerprint density at radius 2 is 1.85 bits per heavy atom. The lowest BCUT2D eigenvalue weighted by atomic mass is 10.2. The lowest BCUT2D eigenvalue weighted by molar-refractivity contribution is -0.124. The summed E-state index contributed by atoms with van der Waals surface area (Å²) in [4.78, 5) is 24.2. The van der Waals surface area contributed by atoms with Crippen LogP contribution >= 0.6 is 0 Å². The fraction of sp³-hybridized carbons (Fsp3) is 0.300. The molecule has 6 heteroatoms. The van der Waals surface area contributed by atoms with Gasteiger partial charge in [0.1, 0.15) is 17.1 Å². The number of para-hydroxylation sites is 2. The summed E-state index contributed by atoms with van der Waals surface area (Å²) in [5, 5.41) is 2.71. The average Bonchev–Trinajstić information content (AvgIpc) is 3.19. The van der Waals surface area contributed by atoms with Gasteiger partial charge < -0.3 is 19.5 Å². The van der Waals surface area contributed by atoms with Gasteiger partial charge in [0.25, 0.3) is 5.91 Å². The third-order valence-electron chi connectivity index (χ3n) is 3.96. The molecule has 1 saturated heterocycles. The van der Waals surface area contributed by atoms with Crippen molar-refractivity contribution in [2.45, 2.75) is 18.9 Å². The minimum absolute atomic E-state index is 0.0506. The van der Waals surface area contributed by atoms with Crippen LogP contribution in [0.3, 0.4) is 0 Å². The Bertz CT molecular complexity index is 741. The van der Waals surface area contributed by atoms with E-state index in [1.807, 2.05) is 18.2 Å². The van der Waals surface area contributed by atoms with Gasteiger partial charge in [-0.25, -0.2) is 4.79 Å². The van der Waals surface area contributed by atoms with Gasteiger partial charge in [-0.1, -0.05) is 30.3 Å². The Hall–Kier alpha value is -2.86. The molecule has 1 aliphatic rings. The standard InChI is InChI=1S/C20H21NO5/c22-19(21-13-16-9-6-12-24-16)14-25-20(23)17-10-4-5-11-18(17)26-15-7-2-1-3-8-15/h1-5,7-8,10-11,16H,6,9,12-14H2,(H,21,22). The van der Waals surface area contributed by atoms with Crippen LogP contribution in [0.2, 0.25) is 0 Å². The molecule has 0 spiro atoms. The normalized spacial score (nSPS) is 16.1. The first kappa shape index (κ1) is 17.9. The van der Waals surface area contributed by atoms with Gasteiger partial charge in [-0.2, -0.15) is 0 Å². The number of carbonyl (C=O) groups is 2. The molecule has 0 radical (unpaired) electrons. The fourth-order valence-corrected chi connectivity index (χ4v) is 2.63. The molecule has 2 aromatic rings. The zero-order chi connectivity index (χ0) is 18.2. The van der Waals surface area contributed by atoms with Gasteiger partial charge in [0.05, 0.1) is 6.10 Å². The highest BCUT2D eigenvalue weighted by Crippen LogP contribution is 2.25. The van der Waals surface area contributed by atoms with Gasteiger partial charge in [0, 0.05) is 13.2 Å². The van der Waals surface area contributed by atoms with E-state index in [0.717, 1.165) is 19.4 Å². The average molecular weight is 355 g/mol. The molecule has 26 heavy (non-hydrogen) atoms. The molecule has 1 aliphatic heterocycles. The van der Waals surface area contributed by atoms with Crippen LogP contribution in [0.25, 0.3) is 0 Å². The number of esters is 1. The second-order valence-electron chi connectivity index (χ2n) is 5.93. The van der Waals surface area contributed by atoms with Crippen LogP contribution < -0.4 is 10.1 Å². The lowest BCUT2D eigenvalue weighted by Crippen LogP contribution is -2.34. The molecule has 1 N–H and O–H groups in total. The molecule has 1 unspecified atom stereocenters. The zero-order valence-electron chi connectivity index (χ0n) is 14.4. The van der Waals surface area contributed by atoms with Crippen molar-refractivity contribution in [1.82, 2.24) is 5.32 Å². The number of hydrogen-bond acceptors (Lipinski definition) is 5. The van der Waals surface area contributed by atoms with Crippen LogP contribution in [0, 0.1) is 0 Å². The summed E-state index contributed by atoms with van der Waals surface area (Å²) in [7, 11) is 0. The molecule has 0 aliphatic carbocycles. The molecule has 2 aromatic carbocycles. The van der Waals surface area contributed by atoms with E-state index in [4.69, 9.17) is 14.2 Å². The summed E-state index contributed by atoms with van der Waals surface area (Å²) in [6.45, 7) is 0.822. The van der Waals surface area contributed by atoms with Gasteiger partial charge in [-0.15, -0.1) is 0 Å². The van der Waals surface area contributed by atoms with Gasteiger partial charge in [-0.3, -0.25) is 4.79 Å². The Balaban J connectivity index is 1.53. The molecule has 0 bridgehead atoms. The van der Waals surface area contributed by atoms with E-state index in [1.54, 1.807) is 36.4 Å². The first-order valence-electron chi connectivity index (χ1n) is 8.60. The summed E-state index contributed by atoms with van der Waals surface area (Å²) in [6, 6.07) is 15.9. The maximum atomic E-state index is 12.3. The van der Waals surface area contributed by atoms with Crippen molar-refractivity contribution in [1.29, 1.82) is 0 Å². The predicted octanol–water partition coefficient (Wildman–Crippen LogP) is 2.93. The lowest BCUT2D eigenvalue weighted by Gasteiger charge is -2.12. The van der Waals surface area contributed by atoms with Crippen molar-refractivity contribution >= 4 is 11.9 Å². The van der Waals surface area contributed by atoms with Crippen LogP contribution in [-0.2, 0) is 14.3 Å². The van der Waals surface area contributed by atoms with E-state index in [9.17, 15) is 9.59 Å². The molecule has 1 atom stereocenters. The van der Waals surface area contributed by atoms with Gasteiger partial charge in [-0.05, 0) is 37.1 Å².